The summed E-state index contributed by atoms with van der Waals surface area (Å²) in [4.78, 5) is 25.8. The van der Waals surface area contributed by atoms with E-state index in [4.69, 9.17) is 0 Å². The van der Waals surface area contributed by atoms with Gasteiger partial charge < -0.3 is 10.2 Å². The minimum Gasteiger partial charge on any atom is -0.363 e. The molecule has 0 radical (unpaired) electrons. The molecule has 0 spiro atoms. The van der Waals surface area contributed by atoms with Crippen molar-refractivity contribution >= 4 is 22.8 Å². The molecule has 8 heteroatoms. The lowest BCUT2D eigenvalue weighted by Gasteiger charge is -2.19. The van der Waals surface area contributed by atoms with Gasteiger partial charge in [0.2, 0.25) is 5.95 Å². The summed E-state index contributed by atoms with van der Waals surface area (Å²) in [5, 5.41) is 7.97. The molecular weight excluding hydrogens is 318 g/mol. The Morgan fingerprint density at radius 2 is 2.08 bits per heavy atom. The van der Waals surface area contributed by atoms with Crippen LogP contribution in [-0.2, 0) is 12.1 Å². The molecule has 0 saturated heterocycles. The molecule has 2 N–H and O–H groups in total. The number of fused-ring (bicyclic) bond motifs is 1. The lowest BCUT2D eigenvalue weighted by atomic mass is 10.1. The lowest BCUT2D eigenvalue weighted by Crippen LogP contribution is -2.24. The number of hydrogen-bond donors (Lipinski definition) is 2. The molecule has 0 atom stereocenters. The van der Waals surface area contributed by atoms with E-state index in [1.165, 1.54) is 0 Å². The van der Waals surface area contributed by atoms with Crippen molar-refractivity contribution < 1.29 is 0 Å². The number of nitrogens with one attached hydrogen (secondary N) is 2. The molecule has 0 unspecified atom stereocenters. The zero-order chi connectivity index (χ0) is 18.2. The molecule has 0 aliphatic heterocycles. The molecule has 0 saturated carbocycles. The van der Waals surface area contributed by atoms with E-state index < -0.39 is 0 Å². The zero-order valence-electron chi connectivity index (χ0n) is 15.2. The number of pyridine rings is 1. The molecule has 0 aliphatic carbocycles. The average Bonchev–Trinajstić information content (AvgIpc) is 2.98. The van der Waals surface area contributed by atoms with E-state index in [0.717, 1.165) is 11.4 Å². The van der Waals surface area contributed by atoms with Crippen LogP contribution >= 0.6 is 0 Å². The highest BCUT2D eigenvalue weighted by atomic mass is 16.1. The summed E-state index contributed by atoms with van der Waals surface area (Å²) >= 11 is 0. The zero-order valence-corrected chi connectivity index (χ0v) is 15.2. The summed E-state index contributed by atoms with van der Waals surface area (Å²) in [6.45, 7) is 6.60. The van der Waals surface area contributed by atoms with E-state index >= 15 is 0 Å². The average molecular weight is 341 g/mol. The number of aromatic amines is 1. The highest BCUT2D eigenvalue weighted by Gasteiger charge is 2.19. The summed E-state index contributed by atoms with van der Waals surface area (Å²) in [7, 11) is 3.89. The van der Waals surface area contributed by atoms with Crippen molar-refractivity contribution in [3.63, 3.8) is 0 Å². The van der Waals surface area contributed by atoms with Gasteiger partial charge in [-0.3, -0.25) is 9.78 Å². The Hall–Kier alpha value is -2.90. The molecule has 3 rings (SSSR count). The Bertz CT molecular complexity index is 950. The first-order valence-corrected chi connectivity index (χ1v) is 8.10. The predicted octanol–water partition coefficient (Wildman–Crippen LogP) is 1.95. The SMILES string of the molecule is CN(C)c1cc(CNc2nc3c(cnn3C(C)(C)C)c(=O)[nH]2)ccn1. The summed E-state index contributed by atoms with van der Waals surface area (Å²) in [5.74, 6) is 1.30. The Balaban J connectivity index is 1.89. The van der Waals surface area contributed by atoms with Crippen LogP contribution in [0.3, 0.4) is 0 Å². The summed E-state index contributed by atoms with van der Waals surface area (Å²) in [5.41, 5.74) is 1.16. The Labute approximate surface area is 145 Å². The molecule has 3 aromatic rings. The van der Waals surface area contributed by atoms with Crippen molar-refractivity contribution in [2.24, 2.45) is 0 Å². The molecule has 132 valence electrons. The van der Waals surface area contributed by atoms with Crippen molar-refractivity contribution in [3.8, 4) is 0 Å². The van der Waals surface area contributed by atoms with E-state index in [0.29, 0.717) is 23.5 Å². The number of nitrogens with zero attached hydrogens (tertiary/aromatic N) is 5. The van der Waals surface area contributed by atoms with Gasteiger partial charge in [0.05, 0.1) is 11.7 Å². The van der Waals surface area contributed by atoms with Crippen LogP contribution in [0.2, 0.25) is 0 Å². The Kier molecular flexibility index (Phi) is 4.20. The Morgan fingerprint density at radius 1 is 1.32 bits per heavy atom. The second kappa shape index (κ2) is 6.19. The molecule has 25 heavy (non-hydrogen) atoms. The molecule has 0 fully saturated rings. The maximum atomic E-state index is 12.3. The van der Waals surface area contributed by atoms with Gasteiger partial charge in [-0.2, -0.15) is 10.1 Å². The van der Waals surface area contributed by atoms with Crippen LogP contribution in [0.1, 0.15) is 26.3 Å². The minimum atomic E-state index is -0.258. The third-order valence-electron chi connectivity index (χ3n) is 3.80. The largest absolute Gasteiger partial charge is 0.363 e. The first-order chi connectivity index (χ1) is 11.8. The van der Waals surface area contributed by atoms with Crippen molar-refractivity contribution in [3.05, 3.63) is 40.4 Å². The predicted molar refractivity (Wildman–Crippen MR) is 99.0 cm³/mol. The number of H-pyrrole nitrogens is 1. The lowest BCUT2D eigenvalue weighted by molar-refractivity contribution is 0.366. The number of hydrogen-bond acceptors (Lipinski definition) is 6. The quantitative estimate of drug-likeness (QED) is 0.753. The molecule has 0 amide bonds. The van der Waals surface area contributed by atoms with E-state index in [9.17, 15) is 4.79 Å². The number of aromatic nitrogens is 5. The molecule has 8 nitrogen and oxygen atoms in total. The van der Waals surface area contributed by atoms with Crippen molar-refractivity contribution in [1.82, 2.24) is 24.7 Å². The van der Waals surface area contributed by atoms with Gasteiger partial charge in [0, 0.05) is 26.8 Å². The van der Waals surface area contributed by atoms with E-state index in [-0.39, 0.29) is 11.1 Å². The fourth-order valence-electron chi connectivity index (χ4n) is 2.49. The molecule has 3 heterocycles. The van der Waals surface area contributed by atoms with Gasteiger partial charge >= 0.3 is 0 Å². The van der Waals surface area contributed by atoms with E-state index in [1.807, 2.05) is 51.9 Å². The van der Waals surface area contributed by atoms with Crippen LogP contribution in [-0.4, -0.2) is 38.8 Å². The number of anilines is 2. The molecular formula is C17H23N7O. The fraction of sp³-hybridized carbons (Fsp3) is 0.412. The molecule has 0 bridgehead atoms. The number of rotatable bonds is 4. The molecule has 0 aromatic carbocycles. The van der Waals surface area contributed by atoms with Gasteiger partial charge in [-0.25, -0.2) is 9.67 Å². The first kappa shape index (κ1) is 16.9. The second-order valence-corrected chi connectivity index (χ2v) is 7.15. The molecule has 0 aliphatic rings. The van der Waals surface area contributed by atoms with Crippen LogP contribution in [0.5, 0.6) is 0 Å². The van der Waals surface area contributed by atoms with Gasteiger partial charge in [-0.05, 0) is 38.5 Å². The fourth-order valence-corrected chi connectivity index (χ4v) is 2.49. The van der Waals surface area contributed by atoms with Crippen molar-refractivity contribution in [2.75, 3.05) is 24.3 Å². The third-order valence-corrected chi connectivity index (χ3v) is 3.80. The van der Waals surface area contributed by atoms with Crippen LogP contribution in [0.25, 0.3) is 11.0 Å². The third kappa shape index (κ3) is 3.47. The monoisotopic (exact) mass is 341 g/mol. The van der Waals surface area contributed by atoms with Crippen LogP contribution < -0.4 is 15.8 Å². The smallest absolute Gasteiger partial charge is 0.263 e. The Morgan fingerprint density at radius 3 is 2.76 bits per heavy atom. The van der Waals surface area contributed by atoms with Gasteiger partial charge in [-0.1, -0.05) is 0 Å². The standard InChI is InChI=1S/C17H23N7O/c1-17(2,3)24-14-12(10-20-24)15(25)22-16(21-14)19-9-11-6-7-18-13(8-11)23(4)5/h6-8,10H,9H2,1-5H3,(H2,19,21,22,25). The summed E-state index contributed by atoms with van der Waals surface area (Å²) < 4.78 is 1.76. The van der Waals surface area contributed by atoms with E-state index in [1.54, 1.807) is 17.1 Å². The summed E-state index contributed by atoms with van der Waals surface area (Å²) in [6.07, 6.45) is 3.32. The second-order valence-electron chi connectivity index (χ2n) is 7.15. The highest BCUT2D eigenvalue weighted by Crippen LogP contribution is 2.19. The topological polar surface area (TPSA) is 91.7 Å². The van der Waals surface area contributed by atoms with Crippen LogP contribution in [0, 0.1) is 0 Å². The maximum absolute atomic E-state index is 12.3. The van der Waals surface area contributed by atoms with Crippen molar-refractivity contribution in [1.29, 1.82) is 0 Å². The first-order valence-electron chi connectivity index (χ1n) is 8.10. The summed E-state index contributed by atoms with van der Waals surface area (Å²) in [6, 6.07) is 3.92. The van der Waals surface area contributed by atoms with Gasteiger partial charge in [-0.15, -0.1) is 0 Å². The minimum absolute atomic E-state index is 0.202. The normalized spacial score (nSPS) is 11.7. The van der Waals surface area contributed by atoms with Crippen molar-refractivity contribution in [2.45, 2.75) is 32.9 Å². The van der Waals surface area contributed by atoms with Gasteiger partial charge in [0.25, 0.3) is 5.56 Å². The van der Waals surface area contributed by atoms with Gasteiger partial charge in [0.1, 0.15) is 11.2 Å². The molecule has 3 aromatic heterocycles. The van der Waals surface area contributed by atoms with Gasteiger partial charge in [0.15, 0.2) is 5.65 Å². The van der Waals surface area contributed by atoms with Crippen LogP contribution in [0.4, 0.5) is 11.8 Å². The van der Waals surface area contributed by atoms with E-state index in [2.05, 4.69) is 25.4 Å². The van der Waals surface area contributed by atoms with Crippen LogP contribution in [0.15, 0.2) is 29.3 Å². The highest BCUT2D eigenvalue weighted by molar-refractivity contribution is 5.74. The maximum Gasteiger partial charge on any atom is 0.263 e.